The van der Waals surface area contributed by atoms with Crippen molar-refractivity contribution in [1.29, 1.82) is 0 Å². The van der Waals surface area contributed by atoms with Crippen LogP contribution in [0.5, 0.6) is 0 Å². The summed E-state index contributed by atoms with van der Waals surface area (Å²) < 4.78 is 40.6. The summed E-state index contributed by atoms with van der Waals surface area (Å²) in [5, 5.41) is 16.1. The molecule has 1 aliphatic heterocycles. The van der Waals surface area contributed by atoms with E-state index in [0.717, 1.165) is 38.8 Å². The second-order valence-electron chi connectivity index (χ2n) is 11.1. The molecule has 1 aliphatic rings. The molecule has 1 saturated heterocycles. The molecular weight excluding hydrogens is 498 g/mol. The molecule has 39 heavy (non-hydrogen) atoms. The highest BCUT2D eigenvalue weighted by Gasteiger charge is 2.34. The Balaban J connectivity index is 1.73. The third-order valence-corrected chi connectivity index (χ3v) is 8.03. The number of aliphatic hydroxyl groups is 1. The lowest BCUT2D eigenvalue weighted by molar-refractivity contribution is 0.0543. The van der Waals surface area contributed by atoms with Crippen LogP contribution in [0, 0.1) is 24.5 Å². The van der Waals surface area contributed by atoms with Gasteiger partial charge in [0.1, 0.15) is 11.6 Å². The third-order valence-electron chi connectivity index (χ3n) is 8.03. The zero-order valence-electron chi connectivity index (χ0n) is 22.6. The summed E-state index contributed by atoms with van der Waals surface area (Å²) in [5.41, 5.74) is 4.74. The molecule has 0 aliphatic carbocycles. The first-order valence-electron chi connectivity index (χ1n) is 13.3. The van der Waals surface area contributed by atoms with E-state index < -0.39 is 23.3 Å². The Morgan fingerprint density at radius 1 is 1.03 bits per heavy atom. The summed E-state index contributed by atoms with van der Waals surface area (Å²) in [6.45, 7) is 6.52. The lowest BCUT2D eigenvalue weighted by atomic mass is 9.86. The zero-order valence-corrected chi connectivity index (χ0v) is 22.6. The van der Waals surface area contributed by atoms with E-state index in [0.29, 0.717) is 31.6 Å². The summed E-state index contributed by atoms with van der Waals surface area (Å²) >= 11 is 0. The number of aromatic nitrogens is 4. The van der Waals surface area contributed by atoms with E-state index >= 15 is 8.78 Å². The van der Waals surface area contributed by atoms with Crippen LogP contribution in [0.1, 0.15) is 49.4 Å². The maximum Gasteiger partial charge on any atom is 0.131 e. The van der Waals surface area contributed by atoms with Gasteiger partial charge in [-0.15, -0.1) is 0 Å². The van der Waals surface area contributed by atoms with Gasteiger partial charge in [-0.3, -0.25) is 9.67 Å². The summed E-state index contributed by atoms with van der Waals surface area (Å²) in [6.07, 6.45) is 4.97. The first kappa shape index (κ1) is 25.6. The number of fused-ring (bicyclic) bond motifs is 3. The monoisotopic (exact) mass is 530 g/mol. The van der Waals surface area contributed by atoms with Crippen molar-refractivity contribution in [3.05, 3.63) is 83.2 Å². The van der Waals surface area contributed by atoms with Gasteiger partial charge in [-0.1, -0.05) is 18.2 Å². The van der Waals surface area contributed by atoms with Crippen LogP contribution in [-0.2, 0) is 17.4 Å². The van der Waals surface area contributed by atoms with Gasteiger partial charge in [0.2, 0.25) is 0 Å². The van der Waals surface area contributed by atoms with Gasteiger partial charge in [-0.05, 0) is 74.9 Å². The van der Waals surface area contributed by atoms with Crippen molar-refractivity contribution in [3.8, 4) is 11.3 Å². The minimum absolute atomic E-state index is 0.0407. The fraction of sp³-hybridized carbons (Fsp3) is 0.355. The van der Waals surface area contributed by atoms with Gasteiger partial charge in [-0.2, -0.15) is 5.10 Å². The highest BCUT2D eigenvalue weighted by atomic mass is 19.1. The number of ether oxygens (including phenoxy) is 1. The van der Waals surface area contributed by atoms with Crippen LogP contribution in [-0.4, -0.2) is 37.7 Å². The van der Waals surface area contributed by atoms with Gasteiger partial charge in [0.15, 0.2) is 0 Å². The van der Waals surface area contributed by atoms with Gasteiger partial charge in [-0.25, -0.2) is 8.78 Å². The van der Waals surface area contributed by atoms with Crippen molar-refractivity contribution in [2.75, 3.05) is 13.2 Å². The molecule has 1 atom stereocenters. The molecule has 202 valence electrons. The number of aryl methyl sites for hydroxylation is 2. The first-order valence-corrected chi connectivity index (χ1v) is 13.3. The molecule has 0 amide bonds. The Morgan fingerprint density at radius 3 is 2.38 bits per heavy atom. The lowest BCUT2D eigenvalue weighted by Crippen LogP contribution is -2.28. The summed E-state index contributed by atoms with van der Waals surface area (Å²) in [5.74, 6) is -1.23. The van der Waals surface area contributed by atoms with Crippen molar-refractivity contribution in [3.63, 3.8) is 0 Å². The molecule has 0 bridgehead atoms. The van der Waals surface area contributed by atoms with Gasteiger partial charge >= 0.3 is 0 Å². The van der Waals surface area contributed by atoms with Crippen molar-refractivity contribution >= 4 is 21.9 Å². The molecular formula is C31H32F2N4O2. The van der Waals surface area contributed by atoms with Crippen molar-refractivity contribution in [1.82, 2.24) is 19.3 Å². The number of nitrogens with zero attached hydrogens (tertiary/aromatic N) is 4. The zero-order chi connectivity index (χ0) is 27.5. The normalized spacial score (nSPS) is 15.9. The number of pyridine rings is 1. The fourth-order valence-corrected chi connectivity index (χ4v) is 6.08. The van der Waals surface area contributed by atoms with E-state index in [1.54, 1.807) is 13.8 Å². The van der Waals surface area contributed by atoms with Crippen LogP contribution in [0.15, 0.2) is 54.9 Å². The molecule has 0 radical (unpaired) electrons. The Labute approximate surface area is 225 Å². The standard InChI is InChI=1S/C31H32F2N4O2/c1-18-16-35-36(4)29(18)20-14-26-28(34-17-20)22-9-8-21(31(2,3)38)15-25(22)37(26)30(19-10-12-39-13-11-19)27-23(32)6-5-7-24(27)33/h5-9,14-17,19,30,38H,10-13H2,1-4H3. The Kier molecular flexibility index (Phi) is 6.27. The van der Waals surface area contributed by atoms with E-state index in [4.69, 9.17) is 9.72 Å². The highest BCUT2D eigenvalue weighted by Crippen LogP contribution is 2.43. The number of hydrogen-bond donors (Lipinski definition) is 1. The summed E-state index contributed by atoms with van der Waals surface area (Å²) in [6, 6.07) is 11.2. The van der Waals surface area contributed by atoms with Gasteiger partial charge in [0, 0.05) is 43.0 Å². The molecule has 1 unspecified atom stereocenters. The van der Waals surface area contributed by atoms with E-state index in [-0.39, 0.29) is 11.5 Å². The van der Waals surface area contributed by atoms with Crippen LogP contribution in [0.2, 0.25) is 0 Å². The Morgan fingerprint density at radius 2 is 1.74 bits per heavy atom. The number of halogens is 2. The van der Waals surface area contributed by atoms with Gasteiger partial charge < -0.3 is 14.4 Å². The molecule has 1 fully saturated rings. The average Bonchev–Trinajstić information content (AvgIpc) is 3.41. The molecule has 3 aromatic heterocycles. The molecule has 1 N–H and O–H groups in total. The summed E-state index contributed by atoms with van der Waals surface area (Å²) in [4.78, 5) is 4.89. The number of rotatable bonds is 5. The molecule has 0 saturated carbocycles. The molecule has 6 rings (SSSR count). The first-order chi connectivity index (χ1) is 18.6. The maximum atomic E-state index is 15.6. The largest absolute Gasteiger partial charge is 0.386 e. The molecule has 4 heterocycles. The molecule has 6 nitrogen and oxygen atoms in total. The second-order valence-corrected chi connectivity index (χ2v) is 11.1. The molecule has 8 heteroatoms. The Bertz CT molecular complexity index is 1650. The van der Waals surface area contributed by atoms with Crippen LogP contribution < -0.4 is 0 Å². The topological polar surface area (TPSA) is 65.1 Å². The predicted octanol–water partition coefficient (Wildman–Crippen LogP) is 6.42. The predicted molar refractivity (Wildman–Crippen MR) is 147 cm³/mol. The number of benzene rings is 2. The minimum atomic E-state index is -1.10. The van der Waals surface area contributed by atoms with Crippen LogP contribution in [0.3, 0.4) is 0 Å². The molecule has 5 aromatic rings. The lowest BCUT2D eigenvalue weighted by Gasteiger charge is -2.33. The smallest absolute Gasteiger partial charge is 0.131 e. The van der Waals surface area contributed by atoms with Crippen LogP contribution >= 0.6 is 0 Å². The highest BCUT2D eigenvalue weighted by molar-refractivity contribution is 6.07. The quantitative estimate of drug-likeness (QED) is 0.285. The van der Waals surface area contributed by atoms with Crippen LogP contribution in [0.25, 0.3) is 33.2 Å². The van der Waals surface area contributed by atoms with Crippen molar-refractivity contribution < 1.29 is 18.6 Å². The van der Waals surface area contributed by atoms with Crippen molar-refractivity contribution in [2.24, 2.45) is 13.0 Å². The molecule has 2 aromatic carbocycles. The second kappa shape index (κ2) is 9.54. The minimum Gasteiger partial charge on any atom is -0.386 e. The van der Waals surface area contributed by atoms with Crippen LogP contribution in [0.4, 0.5) is 8.78 Å². The SMILES string of the molecule is Cc1cnn(C)c1-c1cnc2c3ccc(C(C)(C)O)cc3n(C(c3c(F)cccc3F)C3CCOCC3)c2c1. The fourth-order valence-electron chi connectivity index (χ4n) is 6.08. The van der Waals surface area contributed by atoms with Gasteiger partial charge in [0.05, 0.1) is 40.1 Å². The Hall–Kier alpha value is -3.62. The number of hydrogen-bond acceptors (Lipinski definition) is 4. The maximum absolute atomic E-state index is 15.6. The van der Waals surface area contributed by atoms with E-state index in [2.05, 4.69) is 5.10 Å². The summed E-state index contributed by atoms with van der Waals surface area (Å²) in [7, 11) is 1.89. The average molecular weight is 531 g/mol. The van der Waals surface area contributed by atoms with E-state index in [9.17, 15) is 5.11 Å². The van der Waals surface area contributed by atoms with Crippen molar-refractivity contribution in [2.45, 2.75) is 45.3 Å². The van der Waals surface area contributed by atoms with E-state index in [1.807, 2.05) is 59.9 Å². The molecule has 0 spiro atoms. The van der Waals surface area contributed by atoms with Gasteiger partial charge in [0.25, 0.3) is 0 Å². The third kappa shape index (κ3) is 4.32. The van der Waals surface area contributed by atoms with E-state index in [1.165, 1.54) is 18.2 Å².